The molecule has 1 saturated heterocycles. The van der Waals surface area contributed by atoms with Gasteiger partial charge in [-0.2, -0.15) is 5.10 Å². The normalized spacial score (nSPS) is 17.7. The molecule has 0 aliphatic carbocycles. The Morgan fingerprint density at radius 2 is 1.76 bits per heavy atom. The lowest BCUT2D eigenvalue weighted by Crippen LogP contribution is -2.29. The summed E-state index contributed by atoms with van der Waals surface area (Å²) < 4.78 is 0. The molecule has 0 N–H and O–H groups in total. The number of amides is 1. The van der Waals surface area contributed by atoms with Crippen LogP contribution in [0.2, 0.25) is 5.02 Å². The molecule has 1 aromatic heterocycles. The maximum absolute atomic E-state index is 12.9. The minimum atomic E-state index is -0.284. The molecule has 4 rings (SSSR count). The van der Waals surface area contributed by atoms with E-state index in [0.717, 1.165) is 22.4 Å². The number of halogens is 1. The third kappa shape index (κ3) is 4.36. The summed E-state index contributed by atoms with van der Waals surface area (Å²) in [7, 11) is 0. The fourth-order valence-corrected chi connectivity index (χ4v) is 3.62. The van der Waals surface area contributed by atoms with Crippen LogP contribution < -0.4 is 0 Å². The van der Waals surface area contributed by atoms with E-state index in [1.807, 2.05) is 61.5 Å². The van der Waals surface area contributed by atoms with Crippen LogP contribution in [0.15, 0.2) is 84.2 Å². The van der Waals surface area contributed by atoms with E-state index in [4.69, 9.17) is 16.7 Å². The van der Waals surface area contributed by atoms with Crippen LogP contribution in [0, 0.1) is 0 Å². The summed E-state index contributed by atoms with van der Waals surface area (Å²) in [6.45, 7) is 2.87. The van der Waals surface area contributed by atoms with Gasteiger partial charge in [0.1, 0.15) is 6.17 Å². The standard InChI is InChI=1S/C23H21ClN4O/c1-17(19-7-9-21(24)10-8-19)26-28-22(29)16-27(15-18-5-3-2-4-6-18)23(28)20-11-13-25-14-12-20/h2-14,23H,15-16H2,1H3/b26-17-/t23-/m0/s1. The zero-order chi connectivity index (χ0) is 20.2. The van der Waals surface area contributed by atoms with Crippen molar-refractivity contribution in [1.82, 2.24) is 14.9 Å². The van der Waals surface area contributed by atoms with E-state index in [9.17, 15) is 4.79 Å². The van der Waals surface area contributed by atoms with Crippen LogP contribution in [0.1, 0.15) is 29.8 Å². The summed E-state index contributed by atoms with van der Waals surface area (Å²) in [6.07, 6.45) is 3.20. The molecule has 5 nitrogen and oxygen atoms in total. The Kier molecular flexibility index (Phi) is 5.69. The minimum absolute atomic E-state index is 0.0314. The predicted molar refractivity (Wildman–Crippen MR) is 114 cm³/mol. The summed E-state index contributed by atoms with van der Waals surface area (Å²) in [5.74, 6) is -0.0314. The Bertz CT molecular complexity index is 1010. The minimum Gasteiger partial charge on any atom is -0.271 e. The molecule has 1 fully saturated rings. The first-order chi connectivity index (χ1) is 14.1. The summed E-state index contributed by atoms with van der Waals surface area (Å²) in [5.41, 5.74) is 3.82. The van der Waals surface area contributed by atoms with Crippen molar-refractivity contribution in [1.29, 1.82) is 0 Å². The number of carbonyl (C=O) groups is 1. The molecule has 146 valence electrons. The van der Waals surface area contributed by atoms with Gasteiger partial charge in [-0.25, -0.2) is 5.01 Å². The summed E-state index contributed by atoms with van der Waals surface area (Å²) >= 11 is 5.99. The monoisotopic (exact) mass is 404 g/mol. The number of hydrazone groups is 1. The van der Waals surface area contributed by atoms with E-state index in [2.05, 4.69) is 22.0 Å². The van der Waals surface area contributed by atoms with Gasteiger partial charge in [0.25, 0.3) is 5.91 Å². The molecule has 6 heteroatoms. The van der Waals surface area contributed by atoms with Crippen LogP contribution in [0.4, 0.5) is 0 Å². The van der Waals surface area contributed by atoms with Crippen molar-refractivity contribution < 1.29 is 4.79 Å². The van der Waals surface area contributed by atoms with Crippen molar-refractivity contribution in [2.75, 3.05) is 6.54 Å². The highest BCUT2D eigenvalue weighted by molar-refractivity contribution is 6.30. The lowest BCUT2D eigenvalue weighted by molar-refractivity contribution is -0.128. The van der Waals surface area contributed by atoms with Gasteiger partial charge in [0.05, 0.1) is 12.3 Å². The summed E-state index contributed by atoms with van der Waals surface area (Å²) in [6, 6.07) is 21.5. The molecule has 0 saturated carbocycles. The molecule has 29 heavy (non-hydrogen) atoms. The Balaban J connectivity index is 1.68. The molecular formula is C23H21ClN4O. The molecule has 1 atom stereocenters. The lowest BCUT2D eigenvalue weighted by Gasteiger charge is -2.27. The molecule has 1 aliphatic heterocycles. The van der Waals surface area contributed by atoms with E-state index in [0.29, 0.717) is 18.1 Å². The molecule has 0 bridgehead atoms. The number of rotatable bonds is 5. The van der Waals surface area contributed by atoms with Crippen LogP contribution in [0.3, 0.4) is 0 Å². The van der Waals surface area contributed by atoms with E-state index in [-0.39, 0.29) is 12.1 Å². The van der Waals surface area contributed by atoms with Gasteiger partial charge in [-0.05, 0) is 47.9 Å². The van der Waals surface area contributed by atoms with Crippen molar-refractivity contribution in [3.63, 3.8) is 0 Å². The fourth-order valence-electron chi connectivity index (χ4n) is 3.49. The third-order valence-electron chi connectivity index (χ3n) is 4.92. The molecule has 0 spiro atoms. The average molecular weight is 405 g/mol. The van der Waals surface area contributed by atoms with Crippen molar-refractivity contribution in [3.05, 3.63) is 101 Å². The fraction of sp³-hybridized carbons (Fsp3) is 0.174. The zero-order valence-electron chi connectivity index (χ0n) is 16.1. The van der Waals surface area contributed by atoms with E-state index in [1.165, 1.54) is 0 Å². The van der Waals surface area contributed by atoms with Gasteiger partial charge in [-0.15, -0.1) is 0 Å². The summed E-state index contributed by atoms with van der Waals surface area (Å²) in [5, 5.41) is 6.96. The second-order valence-electron chi connectivity index (χ2n) is 6.98. The van der Waals surface area contributed by atoms with Crippen LogP contribution in [0.5, 0.6) is 0 Å². The van der Waals surface area contributed by atoms with Gasteiger partial charge in [0.2, 0.25) is 0 Å². The van der Waals surface area contributed by atoms with Gasteiger partial charge in [-0.3, -0.25) is 14.7 Å². The molecule has 0 unspecified atom stereocenters. The Labute approximate surface area is 175 Å². The maximum Gasteiger partial charge on any atom is 0.258 e. The van der Waals surface area contributed by atoms with Crippen molar-refractivity contribution in [3.8, 4) is 0 Å². The van der Waals surface area contributed by atoms with Gasteiger partial charge in [-0.1, -0.05) is 54.1 Å². The van der Waals surface area contributed by atoms with Gasteiger partial charge in [0, 0.05) is 24.0 Å². The molecule has 2 aromatic carbocycles. The van der Waals surface area contributed by atoms with Crippen molar-refractivity contribution in [2.45, 2.75) is 19.6 Å². The van der Waals surface area contributed by atoms with Crippen LogP contribution in [0.25, 0.3) is 0 Å². The molecule has 0 radical (unpaired) electrons. The number of carbonyl (C=O) groups excluding carboxylic acids is 1. The van der Waals surface area contributed by atoms with E-state index in [1.54, 1.807) is 17.4 Å². The summed E-state index contributed by atoms with van der Waals surface area (Å²) in [4.78, 5) is 19.2. The first-order valence-corrected chi connectivity index (χ1v) is 9.81. The number of nitrogens with zero attached hydrogens (tertiary/aromatic N) is 4. The highest BCUT2D eigenvalue weighted by Crippen LogP contribution is 2.32. The molecule has 2 heterocycles. The van der Waals surface area contributed by atoms with E-state index >= 15 is 0 Å². The van der Waals surface area contributed by atoms with Gasteiger partial charge >= 0.3 is 0 Å². The highest BCUT2D eigenvalue weighted by Gasteiger charge is 2.39. The largest absolute Gasteiger partial charge is 0.271 e. The second-order valence-corrected chi connectivity index (χ2v) is 7.41. The molecular weight excluding hydrogens is 384 g/mol. The average Bonchev–Trinajstić information content (AvgIpc) is 3.04. The number of benzene rings is 2. The van der Waals surface area contributed by atoms with Gasteiger partial charge < -0.3 is 0 Å². The highest BCUT2D eigenvalue weighted by atomic mass is 35.5. The van der Waals surface area contributed by atoms with E-state index < -0.39 is 0 Å². The third-order valence-corrected chi connectivity index (χ3v) is 5.18. The Morgan fingerprint density at radius 1 is 1.07 bits per heavy atom. The second kappa shape index (κ2) is 8.55. The predicted octanol–water partition coefficient (Wildman–Crippen LogP) is 4.50. The van der Waals surface area contributed by atoms with Gasteiger partial charge in [0.15, 0.2) is 0 Å². The number of aromatic nitrogens is 1. The van der Waals surface area contributed by atoms with Crippen LogP contribution in [-0.4, -0.2) is 33.1 Å². The number of pyridine rings is 1. The topological polar surface area (TPSA) is 48.8 Å². The van der Waals surface area contributed by atoms with Crippen LogP contribution in [-0.2, 0) is 11.3 Å². The first kappa shape index (κ1) is 19.3. The smallest absolute Gasteiger partial charge is 0.258 e. The Morgan fingerprint density at radius 3 is 2.45 bits per heavy atom. The van der Waals surface area contributed by atoms with Crippen molar-refractivity contribution >= 4 is 23.2 Å². The zero-order valence-corrected chi connectivity index (χ0v) is 16.8. The number of hydrogen-bond donors (Lipinski definition) is 0. The van der Waals surface area contributed by atoms with Crippen molar-refractivity contribution in [2.24, 2.45) is 5.10 Å². The Hall–Kier alpha value is -3.02. The quantitative estimate of drug-likeness (QED) is 0.588. The lowest BCUT2D eigenvalue weighted by atomic mass is 10.1. The number of hydrogen-bond acceptors (Lipinski definition) is 4. The molecule has 3 aromatic rings. The molecule has 1 aliphatic rings. The molecule has 1 amide bonds. The van der Waals surface area contributed by atoms with Crippen LogP contribution >= 0.6 is 11.6 Å². The maximum atomic E-state index is 12.9. The SMILES string of the molecule is C/C(=N/N1C(=O)CN(Cc2ccccc2)[C@@H]1c1ccncc1)c1ccc(Cl)cc1. The first-order valence-electron chi connectivity index (χ1n) is 9.43.